The molecule has 0 bridgehead atoms. The quantitative estimate of drug-likeness (QED) is 0.510. The molecule has 2 rings (SSSR count). The van der Waals surface area contributed by atoms with E-state index in [2.05, 4.69) is 10.1 Å². The van der Waals surface area contributed by atoms with Crippen LogP contribution in [0.2, 0.25) is 0 Å². The van der Waals surface area contributed by atoms with E-state index >= 15 is 0 Å². The average molecular weight is 314 g/mol. The fourth-order valence-corrected chi connectivity index (χ4v) is 1.82. The van der Waals surface area contributed by atoms with Gasteiger partial charge in [0.2, 0.25) is 5.82 Å². The zero-order chi connectivity index (χ0) is 16.7. The minimum absolute atomic E-state index is 0.0561. The standard InChI is InChI=1S/C12H13FN2O5.C2H6/c1-19-12(16)7-4-9(13)11(15(17)18)10(5-7)14-6-8-2-3-20-8;1-2/h4-5,8,14H,2-3,6H2,1H3;1-2H3. The van der Waals surface area contributed by atoms with Crippen molar-refractivity contribution in [1.29, 1.82) is 0 Å². The number of nitrogens with zero attached hydrogens (tertiary/aromatic N) is 1. The Balaban J connectivity index is 0.00000116. The lowest BCUT2D eigenvalue weighted by Crippen LogP contribution is -2.33. The molecule has 1 aromatic rings. The number of hydrogen-bond acceptors (Lipinski definition) is 6. The van der Waals surface area contributed by atoms with Gasteiger partial charge in [-0.05, 0) is 18.6 Å². The monoisotopic (exact) mass is 314 g/mol. The highest BCUT2D eigenvalue weighted by Crippen LogP contribution is 2.30. The molecule has 1 heterocycles. The molecule has 0 aliphatic carbocycles. The smallest absolute Gasteiger partial charge is 0.338 e. The van der Waals surface area contributed by atoms with Gasteiger partial charge in [0, 0.05) is 13.2 Å². The van der Waals surface area contributed by atoms with Crippen LogP contribution in [0.1, 0.15) is 30.6 Å². The highest BCUT2D eigenvalue weighted by molar-refractivity contribution is 5.91. The summed E-state index contributed by atoms with van der Waals surface area (Å²) in [6, 6.07) is 1.99. The number of esters is 1. The molecule has 8 heteroatoms. The first kappa shape index (κ1) is 17.8. The minimum atomic E-state index is -1.09. The van der Waals surface area contributed by atoms with E-state index in [0.29, 0.717) is 13.2 Å². The van der Waals surface area contributed by atoms with Gasteiger partial charge >= 0.3 is 11.7 Å². The summed E-state index contributed by atoms with van der Waals surface area (Å²) < 4.78 is 23.4. The normalized spacial score (nSPS) is 15.9. The third-order valence-electron chi connectivity index (χ3n) is 2.98. The molecule has 0 aromatic heterocycles. The molecule has 1 unspecified atom stereocenters. The number of halogens is 1. The Kier molecular flexibility index (Phi) is 6.71. The highest BCUT2D eigenvalue weighted by atomic mass is 19.1. The molecule has 1 fully saturated rings. The number of rotatable bonds is 5. The second-order valence-corrected chi connectivity index (χ2v) is 4.27. The molecule has 0 amide bonds. The maximum atomic E-state index is 13.8. The van der Waals surface area contributed by atoms with Crippen LogP contribution < -0.4 is 5.32 Å². The second-order valence-electron chi connectivity index (χ2n) is 4.27. The van der Waals surface area contributed by atoms with Crippen molar-refractivity contribution in [2.75, 3.05) is 25.6 Å². The van der Waals surface area contributed by atoms with Gasteiger partial charge in [-0.25, -0.2) is 4.79 Å². The maximum Gasteiger partial charge on any atom is 0.338 e. The van der Waals surface area contributed by atoms with Crippen LogP contribution in [0.3, 0.4) is 0 Å². The van der Waals surface area contributed by atoms with Crippen molar-refractivity contribution in [3.05, 3.63) is 33.6 Å². The van der Waals surface area contributed by atoms with Crippen LogP contribution >= 0.6 is 0 Å². The first-order chi connectivity index (χ1) is 10.5. The minimum Gasteiger partial charge on any atom is -0.465 e. The van der Waals surface area contributed by atoms with E-state index in [4.69, 9.17) is 4.74 Å². The fourth-order valence-electron chi connectivity index (χ4n) is 1.82. The van der Waals surface area contributed by atoms with Gasteiger partial charge in [0.05, 0.1) is 23.7 Å². The molecule has 1 N–H and O–H groups in total. The number of carbonyl (C=O) groups excluding carboxylic acids is 1. The van der Waals surface area contributed by atoms with Crippen LogP contribution in [0.15, 0.2) is 12.1 Å². The predicted molar refractivity (Wildman–Crippen MR) is 78.6 cm³/mol. The Morgan fingerprint density at radius 1 is 1.55 bits per heavy atom. The van der Waals surface area contributed by atoms with Gasteiger partial charge in [-0.2, -0.15) is 4.39 Å². The third kappa shape index (κ3) is 4.14. The molecule has 122 valence electrons. The summed E-state index contributed by atoms with van der Waals surface area (Å²) in [5, 5.41) is 13.6. The van der Waals surface area contributed by atoms with E-state index in [1.54, 1.807) is 0 Å². The molecule has 0 radical (unpaired) electrons. The largest absolute Gasteiger partial charge is 0.465 e. The Bertz CT molecular complexity index is 546. The molecule has 1 aliphatic heterocycles. The van der Waals surface area contributed by atoms with Crippen LogP contribution in [-0.4, -0.2) is 37.3 Å². The van der Waals surface area contributed by atoms with E-state index in [1.807, 2.05) is 13.8 Å². The van der Waals surface area contributed by atoms with Gasteiger partial charge in [0.1, 0.15) is 5.69 Å². The van der Waals surface area contributed by atoms with Crippen LogP contribution in [-0.2, 0) is 9.47 Å². The first-order valence-electron chi connectivity index (χ1n) is 6.94. The summed E-state index contributed by atoms with van der Waals surface area (Å²) in [6.45, 7) is 4.95. The highest BCUT2D eigenvalue weighted by Gasteiger charge is 2.25. The van der Waals surface area contributed by atoms with Crippen molar-refractivity contribution in [3.8, 4) is 0 Å². The lowest BCUT2D eigenvalue weighted by Gasteiger charge is -2.26. The topological polar surface area (TPSA) is 90.7 Å². The van der Waals surface area contributed by atoms with Crippen molar-refractivity contribution in [2.45, 2.75) is 26.4 Å². The molecule has 0 saturated carbocycles. The summed E-state index contributed by atoms with van der Waals surface area (Å²) in [7, 11) is 1.15. The van der Waals surface area contributed by atoms with E-state index in [1.165, 1.54) is 6.07 Å². The van der Waals surface area contributed by atoms with Gasteiger partial charge in [-0.15, -0.1) is 0 Å². The number of nitrogens with one attached hydrogen (secondary N) is 1. The molecule has 1 saturated heterocycles. The lowest BCUT2D eigenvalue weighted by atomic mass is 10.1. The van der Waals surface area contributed by atoms with Gasteiger partial charge in [0.15, 0.2) is 0 Å². The van der Waals surface area contributed by atoms with E-state index < -0.39 is 22.4 Å². The average Bonchev–Trinajstić information content (AvgIpc) is 2.45. The maximum absolute atomic E-state index is 13.8. The lowest BCUT2D eigenvalue weighted by molar-refractivity contribution is -0.386. The van der Waals surface area contributed by atoms with Crippen molar-refractivity contribution >= 4 is 17.3 Å². The molecule has 1 aliphatic rings. The molecule has 1 atom stereocenters. The number of ether oxygens (including phenoxy) is 2. The summed E-state index contributed by atoms with van der Waals surface area (Å²) in [5.41, 5.74) is -0.851. The van der Waals surface area contributed by atoms with Gasteiger partial charge < -0.3 is 14.8 Å². The number of nitro benzene ring substituents is 1. The number of methoxy groups -OCH3 is 1. The van der Waals surface area contributed by atoms with Crippen LogP contribution in [0.25, 0.3) is 0 Å². The predicted octanol–water partition coefficient (Wildman–Crippen LogP) is 2.75. The van der Waals surface area contributed by atoms with Crippen molar-refractivity contribution in [3.63, 3.8) is 0 Å². The van der Waals surface area contributed by atoms with Gasteiger partial charge in [-0.1, -0.05) is 13.8 Å². The Hall–Kier alpha value is -2.22. The van der Waals surface area contributed by atoms with Crippen molar-refractivity contribution in [2.24, 2.45) is 0 Å². The van der Waals surface area contributed by atoms with Crippen LogP contribution in [0, 0.1) is 15.9 Å². The van der Waals surface area contributed by atoms with Crippen molar-refractivity contribution < 1.29 is 23.6 Å². The summed E-state index contributed by atoms with van der Waals surface area (Å²) in [4.78, 5) is 21.5. The Morgan fingerprint density at radius 3 is 2.64 bits per heavy atom. The summed E-state index contributed by atoms with van der Waals surface area (Å²) >= 11 is 0. The fraction of sp³-hybridized carbons (Fsp3) is 0.500. The van der Waals surface area contributed by atoms with Crippen LogP contribution in [0.4, 0.5) is 15.8 Å². The zero-order valence-electron chi connectivity index (χ0n) is 12.7. The molecule has 1 aromatic carbocycles. The van der Waals surface area contributed by atoms with Crippen LogP contribution in [0.5, 0.6) is 0 Å². The number of anilines is 1. The number of carbonyl (C=O) groups is 1. The van der Waals surface area contributed by atoms with Crippen molar-refractivity contribution in [1.82, 2.24) is 0 Å². The number of hydrogen-bond donors (Lipinski definition) is 1. The molecular formula is C14H19FN2O5. The van der Waals surface area contributed by atoms with E-state index in [9.17, 15) is 19.3 Å². The molecule has 22 heavy (non-hydrogen) atoms. The van der Waals surface area contributed by atoms with E-state index in [0.717, 1.165) is 19.6 Å². The molecule has 0 spiro atoms. The summed E-state index contributed by atoms with van der Waals surface area (Å²) in [5.74, 6) is -1.85. The molecular weight excluding hydrogens is 295 g/mol. The number of benzene rings is 1. The second kappa shape index (κ2) is 8.28. The third-order valence-corrected chi connectivity index (χ3v) is 2.98. The molecule has 7 nitrogen and oxygen atoms in total. The Morgan fingerprint density at radius 2 is 2.18 bits per heavy atom. The zero-order valence-corrected chi connectivity index (χ0v) is 12.7. The first-order valence-corrected chi connectivity index (χ1v) is 6.94. The Labute approximate surface area is 127 Å². The summed E-state index contributed by atoms with van der Waals surface area (Å²) in [6.07, 6.45) is 0.777. The number of nitro groups is 1. The SMILES string of the molecule is CC.COC(=O)c1cc(F)c([N+](=O)[O-])c(NCC2CCO2)c1. The van der Waals surface area contributed by atoms with Gasteiger partial charge in [-0.3, -0.25) is 10.1 Å². The van der Waals surface area contributed by atoms with Gasteiger partial charge in [0.25, 0.3) is 0 Å². The van der Waals surface area contributed by atoms with E-state index in [-0.39, 0.29) is 17.4 Å².